The number of nitriles is 1. The number of alkyl halides is 3. The van der Waals surface area contributed by atoms with Crippen molar-refractivity contribution in [1.29, 1.82) is 5.26 Å². The molecule has 0 radical (unpaired) electrons. The van der Waals surface area contributed by atoms with Crippen molar-refractivity contribution in [1.82, 2.24) is 4.98 Å². The molecule has 2 aromatic rings. The zero-order valence-electron chi connectivity index (χ0n) is 10.8. The van der Waals surface area contributed by atoms with Crippen LogP contribution in [-0.2, 0) is 6.18 Å². The van der Waals surface area contributed by atoms with Crippen molar-refractivity contribution >= 4 is 27.4 Å². The van der Waals surface area contributed by atoms with Gasteiger partial charge in [-0.3, -0.25) is 0 Å². The summed E-state index contributed by atoms with van der Waals surface area (Å²) >= 11 is 3.29. The summed E-state index contributed by atoms with van der Waals surface area (Å²) in [6.07, 6.45) is -2.98. The normalized spacial score (nSPS) is 11.0. The van der Waals surface area contributed by atoms with Crippen LogP contribution in [0, 0.1) is 18.3 Å². The molecule has 0 saturated carbocycles. The molecule has 0 spiro atoms. The largest absolute Gasteiger partial charge is 0.417 e. The van der Waals surface area contributed by atoms with Crippen molar-refractivity contribution in [2.75, 3.05) is 5.32 Å². The van der Waals surface area contributed by atoms with Gasteiger partial charge >= 0.3 is 6.18 Å². The van der Waals surface area contributed by atoms with Gasteiger partial charge in [-0.05, 0) is 52.7 Å². The number of halogens is 4. The van der Waals surface area contributed by atoms with Gasteiger partial charge in [0.1, 0.15) is 5.82 Å². The van der Waals surface area contributed by atoms with Gasteiger partial charge in [-0.25, -0.2) is 4.98 Å². The fourth-order valence-electron chi connectivity index (χ4n) is 1.72. The molecule has 1 aromatic heterocycles. The van der Waals surface area contributed by atoms with E-state index in [2.05, 4.69) is 26.2 Å². The average molecular weight is 356 g/mol. The Bertz CT molecular complexity index is 720. The van der Waals surface area contributed by atoms with Crippen molar-refractivity contribution in [3.05, 3.63) is 51.6 Å². The van der Waals surface area contributed by atoms with E-state index in [1.807, 2.05) is 6.92 Å². The second-order valence-corrected chi connectivity index (χ2v) is 5.19. The number of hydrogen-bond acceptors (Lipinski definition) is 3. The maximum atomic E-state index is 12.9. The van der Waals surface area contributed by atoms with Gasteiger partial charge in [-0.15, -0.1) is 0 Å². The number of pyridine rings is 1. The highest BCUT2D eigenvalue weighted by atomic mass is 79.9. The predicted molar refractivity (Wildman–Crippen MR) is 76.1 cm³/mol. The second-order valence-electron chi connectivity index (χ2n) is 4.34. The van der Waals surface area contributed by atoms with Gasteiger partial charge in [0.15, 0.2) is 0 Å². The number of aryl methyl sites for hydroxylation is 1. The zero-order valence-corrected chi connectivity index (χ0v) is 12.4. The molecule has 0 aliphatic rings. The topological polar surface area (TPSA) is 48.7 Å². The Kier molecular flexibility index (Phi) is 4.19. The lowest BCUT2D eigenvalue weighted by Gasteiger charge is -2.12. The number of nitrogens with one attached hydrogen (secondary N) is 1. The molecular formula is C14H9BrF3N3. The Balaban J connectivity index is 2.40. The summed E-state index contributed by atoms with van der Waals surface area (Å²) in [5.74, 6) is 0.401. The molecule has 7 heteroatoms. The van der Waals surface area contributed by atoms with Crippen LogP contribution in [0.3, 0.4) is 0 Å². The first-order valence-corrected chi connectivity index (χ1v) is 6.61. The van der Waals surface area contributed by atoms with Crippen LogP contribution in [0.15, 0.2) is 34.9 Å². The van der Waals surface area contributed by atoms with Crippen molar-refractivity contribution in [3.63, 3.8) is 0 Å². The fourth-order valence-corrected chi connectivity index (χ4v) is 2.28. The van der Waals surface area contributed by atoms with Gasteiger partial charge in [-0.1, -0.05) is 0 Å². The van der Waals surface area contributed by atoms with Crippen LogP contribution in [0.25, 0.3) is 0 Å². The average Bonchev–Trinajstić information content (AvgIpc) is 2.41. The molecule has 0 bridgehead atoms. The fraction of sp³-hybridized carbons (Fsp3) is 0.143. The second kappa shape index (κ2) is 5.74. The van der Waals surface area contributed by atoms with Crippen LogP contribution in [0.4, 0.5) is 24.7 Å². The zero-order chi connectivity index (χ0) is 15.6. The molecule has 0 fully saturated rings. The van der Waals surface area contributed by atoms with Crippen molar-refractivity contribution in [2.45, 2.75) is 13.1 Å². The molecule has 1 aromatic carbocycles. The lowest BCUT2D eigenvalue weighted by Crippen LogP contribution is -2.08. The number of rotatable bonds is 2. The molecule has 3 nitrogen and oxygen atoms in total. The Hall–Kier alpha value is -2.07. The van der Waals surface area contributed by atoms with E-state index in [1.165, 1.54) is 12.1 Å². The molecule has 2 rings (SSSR count). The minimum Gasteiger partial charge on any atom is -0.339 e. The molecule has 0 aliphatic heterocycles. The molecule has 1 heterocycles. The Morgan fingerprint density at radius 3 is 2.57 bits per heavy atom. The minimum absolute atomic E-state index is 0.207. The first kappa shape index (κ1) is 15.3. The Morgan fingerprint density at radius 2 is 2.00 bits per heavy atom. The van der Waals surface area contributed by atoms with E-state index in [9.17, 15) is 13.2 Å². The SMILES string of the molecule is Cc1cnc(Nc2ccc(C#N)c(C(F)(F)F)c2)c(Br)c1. The summed E-state index contributed by atoms with van der Waals surface area (Å²) in [5.41, 5.74) is -0.260. The van der Waals surface area contributed by atoms with Crippen LogP contribution in [0.1, 0.15) is 16.7 Å². The molecule has 1 N–H and O–H groups in total. The van der Waals surface area contributed by atoms with Crippen LogP contribution < -0.4 is 5.32 Å². The molecule has 108 valence electrons. The van der Waals surface area contributed by atoms with E-state index in [0.717, 1.165) is 17.7 Å². The molecule has 0 atom stereocenters. The molecule has 21 heavy (non-hydrogen) atoms. The number of anilines is 2. The third-order valence-electron chi connectivity index (χ3n) is 2.69. The molecule has 0 amide bonds. The van der Waals surface area contributed by atoms with Gasteiger partial charge in [-0.2, -0.15) is 18.4 Å². The Labute approximate surface area is 127 Å². The summed E-state index contributed by atoms with van der Waals surface area (Å²) in [6.45, 7) is 1.85. The summed E-state index contributed by atoms with van der Waals surface area (Å²) in [5, 5.41) is 11.5. The highest BCUT2D eigenvalue weighted by Crippen LogP contribution is 2.34. The number of benzene rings is 1. The van der Waals surface area contributed by atoms with Crippen molar-refractivity contribution < 1.29 is 13.2 Å². The van der Waals surface area contributed by atoms with Crippen LogP contribution in [-0.4, -0.2) is 4.98 Å². The molecule has 0 aliphatic carbocycles. The van der Waals surface area contributed by atoms with Gasteiger partial charge in [0.05, 0.1) is 21.7 Å². The maximum absolute atomic E-state index is 12.9. The quantitative estimate of drug-likeness (QED) is 0.842. The van der Waals surface area contributed by atoms with E-state index >= 15 is 0 Å². The lowest BCUT2D eigenvalue weighted by atomic mass is 10.1. The Morgan fingerprint density at radius 1 is 1.29 bits per heavy atom. The van der Waals surface area contributed by atoms with Gasteiger partial charge in [0.2, 0.25) is 0 Å². The highest BCUT2D eigenvalue weighted by Gasteiger charge is 2.33. The number of nitrogens with zero attached hydrogens (tertiary/aromatic N) is 2. The number of hydrogen-bond donors (Lipinski definition) is 1. The van der Waals surface area contributed by atoms with Crippen LogP contribution in [0.5, 0.6) is 0 Å². The first-order valence-electron chi connectivity index (χ1n) is 5.82. The van der Waals surface area contributed by atoms with Gasteiger partial charge < -0.3 is 5.32 Å². The van der Waals surface area contributed by atoms with Gasteiger partial charge in [0, 0.05) is 11.9 Å². The summed E-state index contributed by atoms with van der Waals surface area (Å²) in [6, 6.07) is 6.77. The van der Waals surface area contributed by atoms with E-state index < -0.39 is 17.3 Å². The predicted octanol–water partition coefficient (Wildman–Crippen LogP) is 4.79. The summed E-state index contributed by atoms with van der Waals surface area (Å²) in [4.78, 5) is 4.10. The highest BCUT2D eigenvalue weighted by molar-refractivity contribution is 9.10. The standard InChI is InChI=1S/C14H9BrF3N3/c1-8-4-12(15)13(20-7-8)21-10-3-2-9(6-19)11(5-10)14(16,17)18/h2-5,7H,1H3,(H,20,21). The monoisotopic (exact) mass is 355 g/mol. The molecular weight excluding hydrogens is 347 g/mol. The smallest absolute Gasteiger partial charge is 0.339 e. The third kappa shape index (κ3) is 3.52. The summed E-state index contributed by atoms with van der Waals surface area (Å²) in [7, 11) is 0. The van der Waals surface area contributed by atoms with Crippen molar-refractivity contribution in [2.24, 2.45) is 0 Å². The van der Waals surface area contributed by atoms with Crippen LogP contribution >= 0.6 is 15.9 Å². The van der Waals surface area contributed by atoms with E-state index in [0.29, 0.717) is 10.3 Å². The van der Waals surface area contributed by atoms with Crippen LogP contribution in [0.2, 0.25) is 0 Å². The van der Waals surface area contributed by atoms with E-state index in [-0.39, 0.29) is 5.69 Å². The number of aromatic nitrogens is 1. The maximum Gasteiger partial charge on any atom is 0.417 e. The molecule has 0 unspecified atom stereocenters. The lowest BCUT2D eigenvalue weighted by molar-refractivity contribution is -0.137. The minimum atomic E-state index is -4.58. The summed E-state index contributed by atoms with van der Waals surface area (Å²) < 4.78 is 39.3. The third-order valence-corrected chi connectivity index (χ3v) is 3.29. The first-order chi connectivity index (χ1) is 9.81. The van der Waals surface area contributed by atoms with Gasteiger partial charge in [0.25, 0.3) is 0 Å². The van der Waals surface area contributed by atoms with E-state index in [4.69, 9.17) is 5.26 Å². The molecule has 0 saturated heterocycles. The van der Waals surface area contributed by atoms with E-state index in [1.54, 1.807) is 12.3 Å². The van der Waals surface area contributed by atoms with Crippen molar-refractivity contribution in [3.8, 4) is 6.07 Å².